The van der Waals surface area contributed by atoms with Gasteiger partial charge in [0.1, 0.15) is 5.52 Å². The number of fused-ring (bicyclic) bond motifs is 1. The first-order chi connectivity index (χ1) is 19.1. The van der Waals surface area contributed by atoms with Gasteiger partial charge in [-0.3, -0.25) is 18.4 Å². The van der Waals surface area contributed by atoms with Gasteiger partial charge in [0.05, 0.1) is 31.7 Å². The summed E-state index contributed by atoms with van der Waals surface area (Å²) in [4.78, 5) is 16.7. The second kappa shape index (κ2) is 14.5. The molecule has 0 bridgehead atoms. The zero-order valence-corrected chi connectivity index (χ0v) is 24.2. The van der Waals surface area contributed by atoms with E-state index in [1.807, 2.05) is 13.8 Å². The minimum atomic E-state index is -3.85. The highest BCUT2D eigenvalue weighted by Crippen LogP contribution is 2.50. The molecule has 0 fully saturated rings. The molecular formula is C27H35F2N4O6P. The van der Waals surface area contributed by atoms with Crippen molar-refractivity contribution in [3.05, 3.63) is 52.9 Å². The molecule has 0 atom stereocenters. The fourth-order valence-corrected chi connectivity index (χ4v) is 4.83. The number of aromatic nitrogens is 3. The molecule has 0 radical (unpaired) electrons. The highest BCUT2D eigenvalue weighted by Gasteiger charge is 2.27. The number of carbonyl (C=O) groups excluding carboxylic acids is 1. The van der Waals surface area contributed by atoms with Crippen molar-refractivity contribution >= 4 is 36.4 Å². The molecule has 0 unspecified atom stereocenters. The van der Waals surface area contributed by atoms with Crippen LogP contribution in [0.15, 0.2) is 30.2 Å². The third-order valence-corrected chi connectivity index (χ3v) is 7.29. The minimum absolute atomic E-state index is 0.0785. The highest BCUT2D eigenvalue weighted by atomic mass is 31.2. The average molecular weight is 581 g/mol. The van der Waals surface area contributed by atoms with E-state index in [0.717, 1.165) is 18.9 Å². The van der Waals surface area contributed by atoms with Crippen LogP contribution in [0.1, 0.15) is 56.4 Å². The van der Waals surface area contributed by atoms with Gasteiger partial charge in [0.2, 0.25) is 5.88 Å². The predicted octanol–water partition coefficient (Wildman–Crippen LogP) is 6.86. The number of carbonyl (C=O) groups is 1. The van der Waals surface area contributed by atoms with Gasteiger partial charge in [-0.2, -0.15) is 5.10 Å². The number of anilines is 1. The van der Waals surface area contributed by atoms with Gasteiger partial charge in [0.15, 0.2) is 18.4 Å². The second-order valence-corrected chi connectivity index (χ2v) is 10.7. The normalized spacial score (nSPS) is 12.2. The molecule has 0 aliphatic rings. The Hall–Kier alpha value is -3.18. The van der Waals surface area contributed by atoms with Crippen molar-refractivity contribution < 1.29 is 36.4 Å². The topological polar surface area (TPSA) is 114 Å². The molecule has 40 heavy (non-hydrogen) atoms. The van der Waals surface area contributed by atoms with Crippen LogP contribution < -0.4 is 10.1 Å². The second-order valence-electron chi connectivity index (χ2n) is 9.04. The molecule has 0 spiro atoms. The van der Waals surface area contributed by atoms with Gasteiger partial charge >= 0.3 is 7.82 Å². The molecule has 1 N–H and O–H groups in total. The van der Waals surface area contributed by atoms with Crippen molar-refractivity contribution in [2.75, 3.05) is 25.6 Å². The summed E-state index contributed by atoms with van der Waals surface area (Å²) in [7, 11) is -2.38. The fraction of sp³-hybridized carbons (Fsp3) is 0.444. The Morgan fingerprint density at radius 1 is 1.12 bits per heavy atom. The first-order valence-electron chi connectivity index (χ1n) is 13.0. The number of amides is 1. The highest BCUT2D eigenvalue weighted by molar-refractivity contribution is 7.48. The number of aryl methyl sites for hydroxylation is 2. The van der Waals surface area contributed by atoms with E-state index in [1.165, 1.54) is 30.1 Å². The Bertz CT molecular complexity index is 1370. The first-order valence-corrected chi connectivity index (χ1v) is 14.5. The standard InChI is InChI=1S/C27H35F2N4O6P/c1-6-8-12-37-40(35,38-13-9-7-2)39-17-33-16-21-11-10-20(24(29)26(21)32-33)15-22(28)27(34)31-25-18(3)14-23(36-5)30-19(25)4/h10-11,14-16H,6-9,12-13,17H2,1-5H3,(H,31,34)/b22-15-. The fourth-order valence-electron chi connectivity index (χ4n) is 3.64. The number of phosphoric acid groups is 1. The average Bonchev–Trinajstić information content (AvgIpc) is 3.35. The lowest BCUT2D eigenvalue weighted by molar-refractivity contribution is -0.114. The molecular weight excluding hydrogens is 545 g/mol. The van der Waals surface area contributed by atoms with Crippen LogP contribution in [-0.2, 0) is 29.7 Å². The van der Waals surface area contributed by atoms with Crippen molar-refractivity contribution in [3.8, 4) is 5.88 Å². The zero-order valence-electron chi connectivity index (χ0n) is 23.3. The Morgan fingerprint density at radius 3 is 2.40 bits per heavy atom. The number of hydrogen-bond acceptors (Lipinski definition) is 8. The van der Waals surface area contributed by atoms with Crippen LogP contribution in [0.3, 0.4) is 0 Å². The molecule has 2 aromatic heterocycles. The van der Waals surface area contributed by atoms with Gasteiger partial charge in [-0.25, -0.2) is 23.0 Å². The number of benzene rings is 1. The number of methoxy groups -OCH3 is 1. The number of unbranched alkanes of at least 4 members (excludes halogenated alkanes) is 2. The number of phosphoric ester groups is 1. The molecule has 1 aromatic carbocycles. The summed E-state index contributed by atoms with van der Waals surface area (Å²) < 4.78 is 65.6. The quantitative estimate of drug-likeness (QED) is 0.118. The number of pyridine rings is 1. The molecule has 218 valence electrons. The Labute approximate surface area is 232 Å². The largest absolute Gasteiger partial charge is 0.481 e. The number of rotatable bonds is 15. The van der Waals surface area contributed by atoms with Crippen molar-refractivity contribution in [1.29, 1.82) is 0 Å². The van der Waals surface area contributed by atoms with Crippen LogP contribution >= 0.6 is 7.82 Å². The van der Waals surface area contributed by atoms with Gasteiger partial charge < -0.3 is 10.1 Å². The molecule has 10 nitrogen and oxygen atoms in total. The van der Waals surface area contributed by atoms with E-state index in [4.69, 9.17) is 18.3 Å². The summed E-state index contributed by atoms with van der Waals surface area (Å²) in [5, 5.41) is 7.00. The lowest BCUT2D eigenvalue weighted by Gasteiger charge is -2.17. The summed E-state index contributed by atoms with van der Waals surface area (Å²) in [6.07, 6.45) is 5.33. The van der Waals surface area contributed by atoms with Crippen LogP contribution in [0.4, 0.5) is 14.5 Å². The maximum atomic E-state index is 15.2. The SMILES string of the molecule is CCCCOP(=O)(OCCCC)OCn1cc2ccc(/C=C(\F)C(=O)Nc3c(C)cc(OC)nc3C)c(F)c2n1. The molecule has 3 aromatic rings. The predicted molar refractivity (Wildman–Crippen MR) is 148 cm³/mol. The van der Waals surface area contributed by atoms with Gasteiger partial charge in [-0.1, -0.05) is 38.8 Å². The molecule has 13 heteroatoms. The van der Waals surface area contributed by atoms with E-state index in [0.29, 0.717) is 41.1 Å². The lowest BCUT2D eigenvalue weighted by atomic mass is 10.1. The molecule has 0 saturated heterocycles. The summed E-state index contributed by atoms with van der Waals surface area (Å²) >= 11 is 0. The molecule has 0 saturated carbocycles. The molecule has 1 amide bonds. The number of halogens is 2. The summed E-state index contributed by atoms with van der Waals surface area (Å²) in [6.45, 7) is 7.40. The van der Waals surface area contributed by atoms with Crippen molar-refractivity contribution in [3.63, 3.8) is 0 Å². The van der Waals surface area contributed by atoms with Gasteiger partial charge in [0.25, 0.3) is 5.91 Å². The first kappa shape index (κ1) is 31.3. The van der Waals surface area contributed by atoms with E-state index >= 15 is 4.39 Å². The van der Waals surface area contributed by atoms with E-state index in [-0.39, 0.29) is 31.0 Å². The molecule has 3 rings (SSSR count). The van der Waals surface area contributed by atoms with Crippen LogP contribution in [0.25, 0.3) is 17.0 Å². The van der Waals surface area contributed by atoms with Gasteiger partial charge in [-0.05, 0) is 38.3 Å². The smallest absolute Gasteiger partial charge is 0.476 e. The van der Waals surface area contributed by atoms with E-state index < -0.39 is 25.4 Å². The van der Waals surface area contributed by atoms with Gasteiger partial charge in [0, 0.05) is 23.2 Å². The molecule has 0 aliphatic heterocycles. The van der Waals surface area contributed by atoms with E-state index in [1.54, 1.807) is 19.9 Å². The molecule has 2 heterocycles. The number of nitrogens with zero attached hydrogens (tertiary/aromatic N) is 3. The van der Waals surface area contributed by atoms with Gasteiger partial charge in [-0.15, -0.1) is 0 Å². The summed E-state index contributed by atoms with van der Waals surface area (Å²) in [5.41, 5.74) is 1.14. The summed E-state index contributed by atoms with van der Waals surface area (Å²) in [6, 6.07) is 4.45. The summed E-state index contributed by atoms with van der Waals surface area (Å²) in [5.74, 6) is -2.73. The maximum absolute atomic E-state index is 15.2. The minimum Gasteiger partial charge on any atom is -0.481 e. The van der Waals surface area contributed by atoms with Crippen LogP contribution in [0.2, 0.25) is 0 Å². The van der Waals surface area contributed by atoms with E-state index in [2.05, 4.69) is 15.4 Å². The third-order valence-electron chi connectivity index (χ3n) is 5.86. The van der Waals surface area contributed by atoms with Crippen LogP contribution in [0, 0.1) is 19.7 Å². The van der Waals surface area contributed by atoms with Crippen LogP contribution in [-0.4, -0.2) is 41.0 Å². The van der Waals surface area contributed by atoms with E-state index in [9.17, 15) is 13.8 Å². The third kappa shape index (κ3) is 8.17. The number of hydrogen-bond donors (Lipinski definition) is 1. The van der Waals surface area contributed by atoms with Crippen LogP contribution in [0.5, 0.6) is 5.88 Å². The Balaban J connectivity index is 1.75. The van der Waals surface area contributed by atoms with Crippen molar-refractivity contribution in [1.82, 2.24) is 14.8 Å². The number of ether oxygens (including phenoxy) is 1. The Morgan fingerprint density at radius 2 is 1.80 bits per heavy atom. The molecule has 0 aliphatic carbocycles. The monoisotopic (exact) mass is 580 g/mol. The maximum Gasteiger partial charge on any atom is 0.476 e. The number of nitrogens with one attached hydrogen (secondary N) is 1. The lowest BCUT2D eigenvalue weighted by Crippen LogP contribution is -2.14. The zero-order chi connectivity index (χ0) is 29.3. The Kier molecular flexibility index (Phi) is 11.3. The van der Waals surface area contributed by atoms with Crippen molar-refractivity contribution in [2.24, 2.45) is 0 Å². The van der Waals surface area contributed by atoms with Crippen molar-refractivity contribution in [2.45, 2.75) is 60.1 Å².